The number of aromatic nitrogens is 1. The number of amides is 1. The van der Waals surface area contributed by atoms with Gasteiger partial charge in [-0.15, -0.1) is 0 Å². The van der Waals surface area contributed by atoms with E-state index in [0.29, 0.717) is 16.3 Å². The van der Waals surface area contributed by atoms with E-state index in [1.165, 1.54) is 0 Å². The zero-order chi connectivity index (χ0) is 19.6. The number of hydrogen-bond donors (Lipinski definition) is 2. The first kappa shape index (κ1) is 20.3. The average molecular weight is 382 g/mol. The van der Waals surface area contributed by atoms with Crippen LogP contribution in [0, 0.1) is 6.92 Å². The Balaban J connectivity index is 0.00000126. The van der Waals surface area contributed by atoms with Crippen LogP contribution >= 0.6 is 0 Å². The van der Waals surface area contributed by atoms with Gasteiger partial charge >= 0.3 is 0 Å². The van der Waals surface area contributed by atoms with Crippen LogP contribution in [0.15, 0.2) is 77.8 Å². The number of aryl methyl sites for hydroxylation is 1. The van der Waals surface area contributed by atoms with E-state index >= 15 is 0 Å². The fraction of sp³-hybridized carbons (Fsp3) is 0.143. The molecule has 0 aliphatic carbocycles. The predicted molar refractivity (Wildman–Crippen MR) is 111 cm³/mol. The summed E-state index contributed by atoms with van der Waals surface area (Å²) >= 11 is 0. The second-order valence-electron chi connectivity index (χ2n) is 5.38. The Hall–Kier alpha value is -2.99. The molecule has 140 valence electrons. The molecule has 1 amide bonds. The summed E-state index contributed by atoms with van der Waals surface area (Å²) in [7, 11) is -1.38. The molecule has 0 radical (unpaired) electrons. The van der Waals surface area contributed by atoms with Crippen molar-refractivity contribution in [1.29, 1.82) is 0 Å². The minimum absolute atomic E-state index is 0.285. The lowest BCUT2D eigenvalue weighted by molar-refractivity contribution is 0.102. The van der Waals surface area contributed by atoms with Gasteiger partial charge in [0.2, 0.25) is 0 Å². The highest BCUT2D eigenvalue weighted by Crippen LogP contribution is 2.18. The van der Waals surface area contributed by atoms with Crippen LogP contribution in [-0.2, 0) is 11.0 Å². The number of pyridine rings is 1. The molecule has 0 aliphatic rings. The van der Waals surface area contributed by atoms with Crippen LogP contribution in [0.5, 0.6) is 0 Å². The molecule has 1 aromatic heterocycles. The lowest BCUT2D eigenvalue weighted by Gasteiger charge is -2.09. The third-order valence-corrected chi connectivity index (χ3v) is 4.68. The van der Waals surface area contributed by atoms with Gasteiger partial charge in [-0.1, -0.05) is 38.1 Å². The van der Waals surface area contributed by atoms with Gasteiger partial charge in [-0.05, 0) is 55.0 Å². The summed E-state index contributed by atoms with van der Waals surface area (Å²) in [4.78, 5) is 16.7. The van der Waals surface area contributed by atoms with Gasteiger partial charge in [0.1, 0.15) is 16.7 Å². The van der Waals surface area contributed by atoms with E-state index in [0.717, 1.165) is 11.3 Å². The van der Waals surface area contributed by atoms with Crippen molar-refractivity contribution in [3.8, 4) is 0 Å². The van der Waals surface area contributed by atoms with Gasteiger partial charge < -0.3 is 10.0 Å². The van der Waals surface area contributed by atoms with Crippen molar-refractivity contribution in [2.24, 2.45) is 0 Å². The maximum Gasteiger partial charge on any atom is 0.274 e. The molecule has 5 nitrogen and oxygen atoms in total. The van der Waals surface area contributed by atoms with E-state index < -0.39 is 11.0 Å². The van der Waals surface area contributed by atoms with E-state index in [-0.39, 0.29) is 5.91 Å². The van der Waals surface area contributed by atoms with Crippen molar-refractivity contribution in [2.75, 3.05) is 10.0 Å². The van der Waals surface area contributed by atoms with Crippen LogP contribution in [0.1, 0.15) is 29.9 Å². The number of nitrogens with zero attached hydrogens (tertiary/aromatic N) is 1. The molecule has 27 heavy (non-hydrogen) atoms. The molecular weight excluding hydrogens is 358 g/mol. The quantitative estimate of drug-likeness (QED) is 0.667. The molecule has 6 heteroatoms. The first-order valence-corrected chi connectivity index (χ1v) is 9.85. The van der Waals surface area contributed by atoms with Gasteiger partial charge in [0.15, 0.2) is 0 Å². The van der Waals surface area contributed by atoms with E-state index in [1.54, 1.807) is 48.7 Å². The summed E-state index contributed by atoms with van der Waals surface area (Å²) in [6.45, 7) is 5.95. The van der Waals surface area contributed by atoms with E-state index in [4.69, 9.17) is 0 Å². The summed E-state index contributed by atoms with van der Waals surface area (Å²) in [5.74, 6) is -0.285. The third-order valence-electron chi connectivity index (χ3n) is 3.57. The Morgan fingerprint density at radius 3 is 2.22 bits per heavy atom. The van der Waals surface area contributed by atoms with Gasteiger partial charge in [-0.3, -0.25) is 9.78 Å². The average Bonchev–Trinajstić information content (AvgIpc) is 2.72. The van der Waals surface area contributed by atoms with Crippen LogP contribution in [0.25, 0.3) is 0 Å². The Morgan fingerprint density at radius 1 is 0.926 bits per heavy atom. The topological polar surface area (TPSA) is 71.1 Å². The number of carbonyl (C=O) groups excluding carboxylic acids is 1. The number of nitrogens with one attached hydrogen (secondary N) is 2. The van der Waals surface area contributed by atoms with Crippen molar-refractivity contribution >= 4 is 28.3 Å². The summed E-state index contributed by atoms with van der Waals surface area (Å²) in [6, 6.07) is 19.7. The first-order valence-electron chi connectivity index (χ1n) is 8.70. The van der Waals surface area contributed by atoms with Crippen LogP contribution in [0.4, 0.5) is 11.4 Å². The highest BCUT2D eigenvalue weighted by atomic mass is 32.2. The molecule has 0 fully saturated rings. The minimum Gasteiger partial charge on any atom is -0.321 e. The molecule has 0 saturated heterocycles. The number of rotatable bonds is 5. The molecule has 2 aromatic carbocycles. The Morgan fingerprint density at radius 2 is 1.59 bits per heavy atom. The maximum absolute atomic E-state index is 12.4. The summed E-state index contributed by atoms with van der Waals surface area (Å²) < 4.78 is 15.4. The van der Waals surface area contributed by atoms with Gasteiger partial charge in [0.25, 0.3) is 5.91 Å². The van der Waals surface area contributed by atoms with Crippen molar-refractivity contribution < 1.29 is 9.00 Å². The molecule has 3 rings (SSSR count). The maximum atomic E-state index is 12.4. The number of benzene rings is 2. The summed E-state index contributed by atoms with van der Waals surface area (Å²) in [6.07, 6.45) is 1.57. The largest absolute Gasteiger partial charge is 0.321 e. The second kappa shape index (κ2) is 10.2. The molecule has 1 heterocycles. The number of anilines is 2. The zero-order valence-corrected chi connectivity index (χ0v) is 16.4. The van der Waals surface area contributed by atoms with Crippen LogP contribution < -0.4 is 10.0 Å². The van der Waals surface area contributed by atoms with Gasteiger partial charge in [-0.25, -0.2) is 4.21 Å². The Kier molecular flexibility index (Phi) is 7.70. The zero-order valence-electron chi connectivity index (χ0n) is 15.6. The highest BCUT2D eigenvalue weighted by Gasteiger charge is 2.09. The van der Waals surface area contributed by atoms with E-state index in [1.807, 2.05) is 45.0 Å². The number of carbonyl (C=O) groups is 1. The molecule has 1 unspecified atom stereocenters. The Labute approximate surface area is 162 Å². The van der Waals surface area contributed by atoms with Crippen molar-refractivity contribution in [1.82, 2.24) is 4.98 Å². The fourth-order valence-corrected chi connectivity index (χ4v) is 3.13. The summed E-state index contributed by atoms with van der Waals surface area (Å²) in [5, 5.41) is 2.76. The van der Waals surface area contributed by atoms with Gasteiger partial charge in [0.05, 0.1) is 4.90 Å². The molecular formula is C21H23N3O2S. The van der Waals surface area contributed by atoms with Crippen LogP contribution in [0.3, 0.4) is 0 Å². The monoisotopic (exact) mass is 381 g/mol. The molecule has 2 N–H and O–H groups in total. The second-order valence-corrected chi connectivity index (χ2v) is 6.59. The normalized spacial score (nSPS) is 10.9. The molecule has 0 bridgehead atoms. The molecule has 1 atom stereocenters. The van der Waals surface area contributed by atoms with Crippen LogP contribution in [0.2, 0.25) is 0 Å². The van der Waals surface area contributed by atoms with Crippen molar-refractivity contribution in [3.05, 3.63) is 84.2 Å². The SMILES string of the molecule is CC.Cc1ccccc1NS(=O)c1ccc(NC(=O)c2ccccn2)cc1. The van der Waals surface area contributed by atoms with Crippen molar-refractivity contribution in [2.45, 2.75) is 25.7 Å². The lowest BCUT2D eigenvalue weighted by atomic mass is 10.2. The molecule has 3 aromatic rings. The third kappa shape index (κ3) is 5.76. The number of para-hydroxylation sites is 1. The minimum atomic E-state index is -1.38. The molecule has 0 saturated carbocycles. The Bertz CT molecular complexity index is 897. The first-order chi connectivity index (χ1) is 13.1. The lowest BCUT2D eigenvalue weighted by Crippen LogP contribution is -2.13. The summed E-state index contributed by atoms with van der Waals surface area (Å²) in [5.41, 5.74) is 2.81. The predicted octanol–water partition coefficient (Wildman–Crippen LogP) is 4.80. The standard InChI is InChI=1S/C19H17N3O2S.C2H6/c1-14-6-2-3-7-17(14)22-25(24)16-11-9-15(10-12-16)21-19(23)18-8-4-5-13-20-18;1-2/h2-13,22H,1H3,(H,21,23);1-2H3. The van der Waals surface area contributed by atoms with E-state index in [9.17, 15) is 9.00 Å². The molecule has 0 spiro atoms. The molecule has 0 aliphatic heterocycles. The van der Waals surface area contributed by atoms with Crippen LogP contribution in [-0.4, -0.2) is 15.1 Å². The highest BCUT2D eigenvalue weighted by molar-refractivity contribution is 7.86. The smallest absolute Gasteiger partial charge is 0.274 e. The van der Waals surface area contributed by atoms with Gasteiger partial charge in [-0.2, -0.15) is 0 Å². The number of hydrogen-bond acceptors (Lipinski definition) is 3. The van der Waals surface area contributed by atoms with Crippen molar-refractivity contribution in [3.63, 3.8) is 0 Å². The van der Waals surface area contributed by atoms with Gasteiger partial charge in [0, 0.05) is 17.6 Å². The fourth-order valence-electron chi connectivity index (χ4n) is 2.20. The van der Waals surface area contributed by atoms with E-state index in [2.05, 4.69) is 15.0 Å².